The summed E-state index contributed by atoms with van der Waals surface area (Å²) < 4.78 is 16.8. The van der Waals surface area contributed by atoms with Gasteiger partial charge in [0.05, 0.1) is 55.5 Å². The van der Waals surface area contributed by atoms with E-state index in [0.717, 1.165) is 83.6 Å². The van der Waals surface area contributed by atoms with Gasteiger partial charge >= 0.3 is 0 Å². The van der Waals surface area contributed by atoms with Crippen molar-refractivity contribution in [2.75, 3.05) is 0 Å². The number of hydrogen-bond acceptors (Lipinski definition) is 10. The molecule has 622 valence electrons. The number of fused-ring (bicyclic) bond motifs is 24. The molecule has 0 aliphatic carbocycles. The van der Waals surface area contributed by atoms with Crippen LogP contribution in [0.2, 0.25) is 0 Å². The Kier molecular flexibility index (Phi) is 18.6. The Morgan fingerprint density at radius 3 is 0.947 bits per heavy atom. The maximum Gasteiger partial charge on any atom is 0.238 e. The van der Waals surface area contributed by atoms with Gasteiger partial charge in [0, 0.05) is 144 Å². The van der Waals surface area contributed by atoms with E-state index in [1.807, 2.05) is 125 Å². The minimum atomic E-state index is 0.600. The summed E-state index contributed by atoms with van der Waals surface area (Å²) in [7, 11) is 0. The highest BCUT2D eigenvalue weighted by molar-refractivity contribution is 7.27. The first-order chi connectivity index (χ1) is 66.0. The van der Waals surface area contributed by atoms with Crippen molar-refractivity contribution in [1.29, 1.82) is 0 Å². The average Bonchev–Trinajstić information content (AvgIpc) is 1.57. The molecule has 0 aliphatic heterocycles. The topological polar surface area (TPSA) is 110 Å². The highest BCUT2D eigenvalue weighted by Gasteiger charge is 2.26. The van der Waals surface area contributed by atoms with Crippen LogP contribution in [0.25, 0.3) is 250 Å². The van der Waals surface area contributed by atoms with Gasteiger partial charge in [0.15, 0.2) is 11.6 Å². The third-order valence-corrected chi connectivity index (χ3v) is 29.4. The molecule has 11 nitrogen and oxygen atoms in total. The van der Waals surface area contributed by atoms with Crippen LogP contribution in [0.3, 0.4) is 0 Å². The first-order valence-electron chi connectivity index (χ1n) is 44.5. The molecular formula is C119H73N11S3. The van der Waals surface area contributed by atoms with E-state index < -0.39 is 0 Å². The second-order valence-corrected chi connectivity index (χ2v) is 36.5. The van der Waals surface area contributed by atoms with Gasteiger partial charge in [0.2, 0.25) is 17.8 Å². The fourth-order valence-electron chi connectivity index (χ4n) is 19.7. The molecule has 10 aromatic heterocycles. The summed E-state index contributed by atoms with van der Waals surface area (Å²) in [5.41, 5.74) is 23.0. The lowest BCUT2D eigenvalue weighted by atomic mass is 9.98. The second-order valence-electron chi connectivity index (χ2n) is 33.4. The van der Waals surface area contributed by atoms with Crippen molar-refractivity contribution in [2.45, 2.75) is 0 Å². The Bertz CT molecular complexity index is 9370. The minimum absolute atomic E-state index is 0.600. The third kappa shape index (κ3) is 13.2. The van der Waals surface area contributed by atoms with Crippen molar-refractivity contribution in [3.63, 3.8) is 0 Å². The highest BCUT2D eigenvalue weighted by atomic mass is 32.1. The summed E-state index contributed by atoms with van der Waals surface area (Å²) in [5, 5.41) is 17.6. The molecule has 0 unspecified atom stereocenters. The third-order valence-electron chi connectivity index (χ3n) is 25.8. The van der Waals surface area contributed by atoms with Crippen LogP contribution in [0.1, 0.15) is 0 Å². The quantitative estimate of drug-likeness (QED) is 0.127. The summed E-state index contributed by atoms with van der Waals surface area (Å²) in [6.45, 7) is 0. The fourth-order valence-corrected chi connectivity index (χ4v) is 23.5. The van der Waals surface area contributed by atoms with Crippen LogP contribution in [-0.2, 0) is 0 Å². The van der Waals surface area contributed by atoms with Crippen molar-refractivity contribution in [3.05, 3.63) is 443 Å². The zero-order chi connectivity index (χ0) is 87.6. The monoisotopic (exact) mass is 1750 g/mol. The number of aromatic nitrogens is 11. The molecule has 0 saturated carbocycles. The van der Waals surface area contributed by atoms with Crippen LogP contribution in [-0.4, -0.2) is 53.2 Å². The lowest BCUT2D eigenvalue weighted by Gasteiger charge is -2.11. The van der Waals surface area contributed by atoms with Gasteiger partial charge in [-0.3, -0.25) is 13.7 Å². The number of hydrogen-bond donors (Lipinski definition) is 0. The summed E-state index contributed by atoms with van der Waals surface area (Å²) >= 11 is 5.57. The number of thiophene rings is 3. The first-order valence-corrected chi connectivity index (χ1v) is 46.9. The Labute approximate surface area is 774 Å². The molecule has 0 spiro atoms. The average molecular weight is 1750 g/mol. The minimum Gasteiger partial charge on any atom is -0.309 e. The van der Waals surface area contributed by atoms with Gasteiger partial charge in [-0.25, -0.2) is 24.9 Å². The summed E-state index contributed by atoms with van der Waals surface area (Å²) in [6, 6.07) is 152. The van der Waals surface area contributed by atoms with Gasteiger partial charge in [-0.1, -0.05) is 334 Å². The van der Waals surface area contributed by atoms with E-state index in [4.69, 9.17) is 34.9 Å². The molecule has 0 bridgehead atoms. The molecule has 0 N–H and O–H groups in total. The summed E-state index contributed by atoms with van der Waals surface area (Å²) in [6.07, 6.45) is 3.75. The zero-order valence-electron chi connectivity index (χ0n) is 71.3. The van der Waals surface area contributed by atoms with Crippen molar-refractivity contribution >= 4 is 182 Å². The van der Waals surface area contributed by atoms with Crippen molar-refractivity contribution in [2.24, 2.45) is 0 Å². The smallest absolute Gasteiger partial charge is 0.238 e. The number of rotatable bonds is 11. The van der Waals surface area contributed by atoms with E-state index in [-0.39, 0.29) is 0 Å². The standard InChI is InChI=1S/C40H24N4S.C40H25N3S.C39H24N4S/c1-5-16-33-27(12-1)28-13-2-6-17-34(28)43(33)26-11-9-10-25(24-26)32-22-23-41-40(42-32)44-35-18-7-3-15-31(35)38-36(44)21-20-30-29-14-4-8-19-37(29)45-39(30)38;1-2-9-26(10-3-1)27-17-19-28(20-18-27)29-11-8-12-30(25-29)34-23-24-41-40(42-34)43-35-15-6-4-14-33(35)38-36(43)22-21-32-31-13-5-7-16-37(31)44-39(32)38;1-4-12-25(13-5-1)28-20-21-31-33(24-28)43(32-23-22-30-29-18-10-11-19-34(29)44-36(30)35(31)32)39-41-37(26-14-6-2-7-15-26)40-38(42-39)27-16-8-3-9-17-27/h1-24H;1-25H;1-24H. The van der Waals surface area contributed by atoms with Crippen molar-refractivity contribution in [3.8, 4) is 102 Å². The van der Waals surface area contributed by atoms with Gasteiger partial charge in [-0.05, 0) is 130 Å². The predicted molar refractivity (Wildman–Crippen MR) is 558 cm³/mol. The van der Waals surface area contributed by atoms with Gasteiger partial charge in [-0.15, -0.1) is 34.0 Å². The highest BCUT2D eigenvalue weighted by Crippen LogP contribution is 2.49. The maximum absolute atomic E-state index is 5.20. The van der Waals surface area contributed by atoms with Crippen LogP contribution < -0.4 is 0 Å². The number of para-hydroxylation sites is 4. The van der Waals surface area contributed by atoms with Crippen molar-refractivity contribution < 1.29 is 0 Å². The normalized spacial score (nSPS) is 11.8. The Morgan fingerprint density at radius 1 is 0.173 bits per heavy atom. The molecule has 0 atom stereocenters. The fraction of sp³-hybridized carbons (Fsp3) is 0. The molecule has 0 radical (unpaired) electrons. The van der Waals surface area contributed by atoms with Gasteiger partial charge in [-0.2, -0.15) is 9.97 Å². The lowest BCUT2D eigenvalue weighted by molar-refractivity contribution is 0.954. The molecule has 18 aromatic carbocycles. The maximum atomic E-state index is 5.20. The molecule has 14 heteroatoms. The first kappa shape index (κ1) is 77.2. The van der Waals surface area contributed by atoms with E-state index in [1.54, 1.807) is 0 Å². The van der Waals surface area contributed by atoms with E-state index >= 15 is 0 Å². The molecule has 133 heavy (non-hydrogen) atoms. The van der Waals surface area contributed by atoms with Crippen LogP contribution in [0, 0.1) is 0 Å². The van der Waals surface area contributed by atoms with Crippen LogP contribution in [0.15, 0.2) is 443 Å². The van der Waals surface area contributed by atoms with Crippen LogP contribution >= 0.6 is 34.0 Å². The molecule has 0 amide bonds. The number of nitrogens with zero attached hydrogens (tertiary/aromatic N) is 11. The largest absolute Gasteiger partial charge is 0.309 e. The predicted octanol–water partition coefficient (Wildman–Crippen LogP) is 32.0. The van der Waals surface area contributed by atoms with Crippen molar-refractivity contribution in [1.82, 2.24) is 53.2 Å². The van der Waals surface area contributed by atoms with Crippen LogP contribution in [0.4, 0.5) is 0 Å². The number of benzene rings is 18. The van der Waals surface area contributed by atoms with Gasteiger partial charge < -0.3 is 4.57 Å². The van der Waals surface area contributed by atoms with E-state index in [2.05, 4.69) is 370 Å². The lowest BCUT2D eigenvalue weighted by Crippen LogP contribution is -2.06. The molecule has 0 fully saturated rings. The van der Waals surface area contributed by atoms with E-state index in [1.165, 1.54) is 137 Å². The molecule has 0 saturated heterocycles. The Balaban J connectivity index is 0.000000104. The SMILES string of the molecule is c1cc(-c2ccnc(-n3c4ccccc4c4c5sc6ccccc6c5ccc43)n2)cc(-n2c3ccccc3c3ccccc32)c1.c1ccc(-c2ccc(-c3cccc(-c4ccnc(-n5c6ccccc6c6c7sc8ccccc8c7ccc65)n4)c3)cc2)cc1.c1ccc(-c2ccc3c4c5sc6ccccc6c5ccc4n(-c4nc(-c5ccccc5)nc(-c5ccccc5)n4)c3c2)cc1. The molecular weight excluding hydrogens is 1680 g/mol. The second kappa shape index (κ2) is 32.0. The molecule has 28 aromatic rings. The van der Waals surface area contributed by atoms with Gasteiger partial charge in [0.1, 0.15) is 0 Å². The van der Waals surface area contributed by atoms with Gasteiger partial charge in [0.25, 0.3) is 0 Å². The Hall–Kier alpha value is -17.0. The molecule has 28 rings (SSSR count). The van der Waals surface area contributed by atoms with E-state index in [0.29, 0.717) is 29.5 Å². The molecule has 0 aliphatic rings. The Morgan fingerprint density at radius 2 is 0.489 bits per heavy atom. The summed E-state index contributed by atoms with van der Waals surface area (Å²) in [5.74, 6) is 3.23. The summed E-state index contributed by atoms with van der Waals surface area (Å²) in [4.78, 5) is 35.2. The zero-order valence-corrected chi connectivity index (χ0v) is 73.7. The molecule has 10 heterocycles. The van der Waals surface area contributed by atoms with Crippen LogP contribution in [0.5, 0.6) is 0 Å². The van der Waals surface area contributed by atoms with E-state index in [9.17, 15) is 0 Å².